The molecule has 0 aromatic heterocycles. The number of allylic oxidation sites excluding steroid dienone is 1. The van der Waals surface area contributed by atoms with E-state index in [0.29, 0.717) is 5.57 Å². The third-order valence-electron chi connectivity index (χ3n) is 2.70. The zero-order valence-electron chi connectivity index (χ0n) is 10.3. The molecule has 1 N–H and O–H groups in total. The van der Waals surface area contributed by atoms with Crippen LogP contribution in [0.15, 0.2) is 11.3 Å². The highest BCUT2D eigenvalue weighted by molar-refractivity contribution is 8.03. The second-order valence-electron chi connectivity index (χ2n) is 5.37. The van der Waals surface area contributed by atoms with Gasteiger partial charge < -0.3 is 5.11 Å². The van der Waals surface area contributed by atoms with Crippen molar-refractivity contribution in [3.8, 4) is 0 Å². The van der Waals surface area contributed by atoms with Crippen molar-refractivity contribution in [1.29, 1.82) is 0 Å². The molecule has 0 aromatic rings. The predicted molar refractivity (Wildman–Crippen MR) is 65.2 cm³/mol. The maximum atomic E-state index is 12.1. The number of carbonyl (C=O) groups excluding carboxylic acids is 1. The fourth-order valence-electron chi connectivity index (χ4n) is 2.02. The fourth-order valence-corrected chi connectivity index (χ4v) is 3.71. The summed E-state index contributed by atoms with van der Waals surface area (Å²) in [7, 11) is 0. The number of aliphatic hydroxyl groups is 1. The van der Waals surface area contributed by atoms with Gasteiger partial charge in [-0.1, -0.05) is 13.8 Å². The molecule has 2 nitrogen and oxygen atoms in total. The van der Waals surface area contributed by atoms with Gasteiger partial charge in [-0.2, -0.15) is 0 Å². The van der Waals surface area contributed by atoms with Crippen molar-refractivity contribution in [1.82, 2.24) is 0 Å². The van der Waals surface area contributed by atoms with Crippen LogP contribution in [0.3, 0.4) is 0 Å². The maximum absolute atomic E-state index is 12.1. The first-order valence-corrected chi connectivity index (χ1v) is 6.10. The number of aliphatic hydroxyl groups excluding tert-OH is 1. The van der Waals surface area contributed by atoms with E-state index in [1.807, 2.05) is 41.5 Å². The van der Waals surface area contributed by atoms with E-state index in [-0.39, 0.29) is 22.2 Å². The molecule has 0 bridgehead atoms. The minimum Gasteiger partial charge on any atom is -0.510 e. The molecule has 0 aromatic carbocycles. The summed E-state index contributed by atoms with van der Waals surface area (Å²) < 4.78 is -0.799. The SMILES string of the molecule is CC(C)C1=C(O)C(C)(C)SC(C)(C)C1=O. The maximum Gasteiger partial charge on any atom is 0.177 e. The van der Waals surface area contributed by atoms with Crippen molar-refractivity contribution in [2.75, 3.05) is 0 Å². The monoisotopic (exact) mass is 228 g/mol. The summed E-state index contributed by atoms with van der Waals surface area (Å²) in [4.78, 5) is 12.1. The van der Waals surface area contributed by atoms with E-state index < -0.39 is 4.75 Å². The number of thioether (sulfide) groups is 1. The largest absolute Gasteiger partial charge is 0.510 e. The van der Waals surface area contributed by atoms with Crippen LogP contribution in [-0.2, 0) is 4.79 Å². The molecule has 1 heterocycles. The fraction of sp³-hybridized carbons (Fsp3) is 0.750. The Labute approximate surface area is 96.1 Å². The van der Waals surface area contributed by atoms with Gasteiger partial charge in [0.1, 0.15) is 5.76 Å². The molecule has 3 heteroatoms. The first-order valence-electron chi connectivity index (χ1n) is 5.28. The molecule has 0 spiro atoms. The van der Waals surface area contributed by atoms with Gasteiger partial charge in [0, 0.05) is 5.57 Å². The van der Waals surface area contributed by atoms with Gasteiger partial charge in [-0.3, -0.25) is 4.79 Å². The Kier molecular flexibility index (Phi) is 2.99. The molecule has 0 unspecified atom stereocenters. The summed E-state index contributed by atoms with van der Waals surface area (Å²) in [5, 5.41) is 10.1. The topological polar surface area (TPSA) is 37.3 Å². The predicted octanol–water partition coefficient (Wildman–Crippen LogP) is 3.33. The molecular weight excluding hydrogens is 208 g/mol. The van der Waals surface area contributed by atoms with E-state index >= 15 is 0 Å². The standard InChI is InChI=1S/C12H20O2S/c1-7(2)8-9(13)11(3,4)15-12(5,6)10(8)14/h7,13H,1-6H3. The van der Waals surface area contributed by atoms with Gasteiger partial charge in [0.15, 0.2) is 5.78 Å². The van der Waals surface area contributed by atoms with Gasteiger partial charge in [0.25, 0.3) is 0 Å². The van der Waals surface area contributed by atoms with Gasteiger partial charge in [-0.25, -0.2) is 0 Å². The molecule has 15 heavy (non-hydrogen) atoms. The van der Waals surface area contributed by atoms with Gasteiger partial charge in [-0.15, -0.1) is 11.8 Å². The Bertz CT molecular complexity index is 325. The Hall–Kier alpha value is -0.440. The smallest absolute Gasteiger partial charge is 0.177 e. The molecule has 0 aliphatic carbocycles. The minimum absolute atomic E-state index is 0.0688. The van der Waals surface area contributed by atoms with Crippen LogP contribution >= 0.6 is 11.8 Å². The molecule has 86 valence electrons. The number of Topliss-reactive ketones (excluding diaryl/α,β-unsaturated/α-hetero) is 1. The van der Waals surface area contributed by atoms with Crippen LogP contribution < -0.4 is 0 Å². The number of ketones is 1. The lowest BCUT2D eigenvalue weighted by Gasteiger charge is -2.40. The van der Waals surface area contributed by atoms with Gasteiger partial charge in [-0.05, 0) is 33.6 Å². The lowest BCUT2D eigenvalue weighted by molar-refractivity contribution is -0.118. The average molecular weight is 228 g/mol. The Morgan fingerprint density at radius 3 is 2.00 bits per heavy atom. The number of hydrogen-bond donors (Lipinski definition) is 1. The zero-order chi connectivity index (χ0) is 12.0. The van der Waals surface area contributed by atoms with Crippen LogP contribution in [0.5, 0.6) is 0 Å². The first kappa shape index (κ1) is 12.6. The quantitative estimate of drug-likeness (QED) is 0.748. The summed E-state index contributed by atoms with van der Waals surface area (Å²) in [5.41, 5.74) is 0.601. The molecule has 0 fully saturated rings. The molecule has 1 rings (SSSR count). The van der Waals surface area contributed by atoms with Crippen molar-refractivity contribution in [3.05, 3.63) is 11.3 Å². The second-order valence-corrected chi connectivity index (χ2v) is 7.61. The van der Waals surface area contributed by atoms with E-state index in [1.165, 1.54) is 11.8 Å². The molecule has 1 aliphatic rings. The summed E-state index contributed by atoms with van der Waals surface area (Å²) in [6.45, 7) is 11.7. The van der Waals surface area contributed by atoms with E-state index in [1.54, 1.807) is 0 Å². The van der Waals surface area contributed by atoms with E-state index in [2.05, 4.69) is 0 Å². The lowest BCUT2D eigenvalue weighted by atomic mass is 9.87. The summed E-state index contributed by atoms with van der Waals surface area (Å²) in [5.74, 6) is 0.406. The number of carbonyl (C=O) groups is 1. The normalized spacial score (nSPS) is 24.9. The molecule has 0 atom stereocenters. The van der Waals surface area contributed by atoms with Crippen molar-refractivity contribution in [2.24, 2.45) is 5.92 Å². The Morgan fingerprint density at radius 2 is 1.60 bits per heavy atom. The van der Waals surface area contributed by atoms with Crippen molar-refractivity contribution in [2.45, 2.75) is 51.0 Å². The average Bonchev–Trinajstić information content (AvgIpc) is 1.99. The minimum atomic E-state index is -0.435. The van der Waals surface area contributed by atoms with Crippen molar-refractivity contribution in [3.63, 3.8) is 0 Å². The van der Waals surface area contributed by atoms with Gasteiger partial charge in [0.05, 0.1) is 9.49 Å². The highest BCUT2D eigenvalue weighted by atomic mass is 32.2. The molecule has 0 saturated heterocycles. The van der Waals surface area contributed by atoms with Crippen LogP contribution in [-0.4, -0.2) is 20.4 Å². The number of rotatable bonds is 1. The Morgan fingerprint density at radius 1 is 1.13 bits per heavy atom. The zero-order valence-corrected chi connectivity index (χ0v) is 11.2. The third-order valence-corrected chi connectivity index (χ3v) is 4.10. The summed E-state index contributed by atoms with van der Waals surface area (Å²) in [6.07, 6.45) is 0. The highest BCUT2D eigenvalue weighted by Crippen LogP contribution is 2.48. The summed E-state index contributed by atoms with van der Waals surface area (Å²) in [6, 6.07) is 0. The van der Waals surface area contributed by atoms with Crippen LogP contribution in [0.2, 0.25) is 0 Å². The second kappa shape index (κ2) is 3.55. The van der Waals surface area contributed by atoms with Crippen molar-refractivity contribution >= 4 is 17.5 Å². The molecule has 0 saturated carbocycles. The van der Waals surface area contributed by atoms with Crippen LogP contribution in [0, 0.1) is 5.92 Å². The third kappa shape index (κ3) is 2.07. The molecule has 0 amide bonds. The van der Waals surface area contributed by atoms with Gasteiger partial charge in [0.2, 0.25) is 0 Å². The van der Waals surface area contributed by atoms with E-state index in [0.717, 1.165) is 0 Å². The molecular formula is C12H20O2S. The lowest BCUT2D eigenvalue weighted by Crippen LogP contribution is -2.43. The van der Waals surface area contributed by atoms with Crippen LogP contribution in [0.4, 0.5) is 0 Å². The number of hydrogen-bond acceptors (Lipinski definition) is 3. The molecule has 1 aliphatic heterocycles. The molecule has 0 radical (unpaired) electrons. The van der Waals surface area contributed by atoms with E-state index in [4.69, 9.17) is 0 Å². The summed E-state index contributed by atoms with van der Waals surface area (Å²) >= 11 is 1.53. The van der Waals surface area contributed by atoms with Crippen molar-refractivity contribution < 1.29 is 9.90 Å². The van der Waals surface area contributed by atoms with E-state index in [9.17, 15) is 9.90 Å². The Balaban J connectivity index is 3.35. The van der Waals surface area contributed by atoms with Gasteiger partial charge >= 0.3 is 0 Å². The first-order chi connectivity index (χ1) is 6.59. The van der Waals surface area contributed by atoms with Crippen LogP contribution in [0.1, 0.15) is 41.5 Å². The highest BCUT2D eigenvalue weighted by Gasteiger charge is 2.46. The van der Waals surface area contributed by atoms with Crippen LogP contribution in [0.25, 0.3) is 0 Å².